The van der Waals surface area contributed by atoms with E-state index in [4.69, 9.17) is 71.9 Å². The fraction of sp³-hybridized carbons (Fsp3) is 0.652. The van der Waals surface area contributed by atoms with Crippen LogP contribution in [0, 0.1) is 5.92 Å². The Morgan fingerprint density at radius 3 is 1.69 bits per heavy atom. The number of hydrogen-bond donors (Lipinski definition) is 6. The quantitative estimate of drug-likeness (QED) is 0.0150. The molecule has 1 aliphatic heterocycles. The average molecular weight is 1010 g/mol. The Hall–Kier alpha value is -5.06. The predicted molar refractivity (Wildman–Crippen MR) is 257 cm³/mol. The lowest BCUT2D eigenvalue weighted by atomic mass is 9.93. The highest BCUT2D eigenvalue weighted by molar-refractivity contribution is 6.12. The van der Waals surface area contributed by atoms with Crippen molar-refractivity contribution >= 4 is 49.0 Å². The van der Waals surface area contributed by atoms with E-state index in [2.05, 4.69) is 16.0 Å². The summed E-state index contributed by atoms with van der Waals surface area (Å²) in [5.41, 5.74) is 8.47. The van der Waals surface area contributed by atoms with Gasteiger partial charge in [-0.05, 0) is 23.6 Å². The summed E-state index contributed by atoms with van der Waals surface area (Å²) in [5, 5.41) is 17.9. The molecule has 0 saturated carbocycles. The number of nitrogens with one attached hydrogen (secondary N) is 3. The Morgan fingerprint density at radius 2 is 1.18 bits per heavy atom. The number of carboxylic acid groups (broad SMARTS) is 1. The number of carbonyl (C=O) groups excluding carboxylic acids is 5. The third kappa shape index (κ3) is 31.1. The first-order valence-corrected chi connectivity index (χ1v) is 23.5. The van der Waals surface area contributed by atoms with E-state index in [1.807, 2.05) is 0 Å². The average Bonchev–Trinajstić information content (AvgIpc) is 3.65. The highest BCUT2D eigenvalue weighted by atomic mass is 16.6. The molecule has 1 aromatic rings. The number of ether oxygens (including phenoxy) is 10. The topological polar surface area (TPSA) is 310 Å². The van der Waals surface area contributed by atoms with Crippen molar-refractivity contribution in [2.75, 3.05) is 150 Å². The molecule has 0 aromatic heterocycles. The molecular formula is C46H74BN7O17. The molecule has 2 radical (unpaired) electrons. The van der Waals surface area contributed by atoms with Crippen molar-refractivity contribution in [2.45, 2.75) is 45.7 Å². The van der Waals surface area contributed by atoms with E-state index in [-0.39, 0.29) is 71.2 Å². The molecule has 1 atom stereocenters. The van der Waals surface area contributed by atoms with E-state index >= 15 is 0 Å². The summed E-state index contributed by atoms with van der Waals surface area (Å²) in [7, 11) is 5.94. The van der Waals surface area contributed by atoms with E-state index in [0.29, 0.717) is 117 Å². The monoisotopic (exact) mass is 1010 g/mol. The summed E-state index contributed by atoms with van der Waals surface area (Å²) < 4.78 is 54.6. The van der Waals surface area contributed by atoms with Crippen LogP contribution in [0.3, 0.4) is 0 Å². The molecular weight excluding hydrogens is 933 g/mol. The van der Waals surface area contributed by atoms with Crippen molar-refractivity contribution in [2.24, 2.45) is 17.5 Å². The molecule has 1 aliphatic rings. The number of nitrogens with zero attached hydrogens (tertiary/aromatic N) is 2. The normalized spacial score (nSPS) is 13.0. The molecule has 0 fully saturated rings. The third-order valence-corrected chi connectivity index (χ3v) is 9.65. The second-order valence-electron chi connectivity index (χ2n) is 15.7. The number of hydrogen-bond acceptors (Lipinski definition) is 19. The van der Waals surface area contributed by atoms with E-state index in [1.165, 1.54) is 17.2 Å². The number of carboxylic acids is 1. The van der Waals surface area contributed by atoms with E-state index in [9.17, 15) is 28.8 Å². The van der Waals surface area contributed by atoms with Crippen molar-refractivity contribution in [3.8, 4) is 0 Å². The Balaban J connectivity index is 1.49. The Kier molecular flexibility index (Phi) is 34.6. The summed E-state index contributed by atoms with van der Waals surface area (Å²) in [6, 6.07) is 4.25. The van der Waals surface area contributed by atoms with Crippen LogP contribution in [0.25, 0.3) is 0 Å². The SMILES string of the molecule is [B]Cc1ccc(NC(=O)CNC(=O)C(NC(=O)CCOCCN2C(=O)C=CC2=O)C(C)C)cc1COC/C(N)=C/N(N)CCOCCOCCOCCOCCOCCOCCOCCOCCC(=O)O. The standard InChI is InChI=1S/C46H74BN7O17/c1-35(2)45(52-40(55)7-11-62-14-10-54-42(57)5-6-43(54)58)46(61)50-31-41(56)51-39-4-3-36(30-47)37(29-39)33-71-34-38(48)32-53(49)9-13-64-16-18-66-20-22-68-24-26-70-28-27-69-25-23-67-21-19-65-17-15-63-12-8-44(59)60/h3-6,29,32,35,45H,7-28,30-31,33-34,48-49H2,1-2H3,(H,50,61)(H,51,56)(H,52,55)(H,59,60)/b38-32-. The maximum atomic E-state index is 13.0. The van der Waals surface area contributed by atoms with Gasteiger partial charge in [0.05, 0.1) is 172 Å². The fourth-order valence-electron chi connectivity index (χ4n) is 5.94. The number of nitrogens with two attached hydrogens (primary N) is 2. The van der Waals surface area contributed by atoms with Crippen LogP contribution in [0.1, 0.15) is 37.8 Å². The maximum Gasteiger partial charge on any atom is 0.305 e. The largest absolute Gasteiger partial charge is 0.481 e. The van der Waals surface area contributed by atoms with E-state index in [0.717, 1.165) is 16.0 Å². The van der Waals surface area contributed by atoms with Crippen LogP contribution in [-0.4, -0.2) is 210 Å². The van der Waals surface area contributed by atoms with Gasteiger partial charge >= 0.3 is 5.97 Å². The van der Waals surface area contributed by atoms with Crippen LogP contribution >= 0.6 is 0 Å². The van der Waals surface area contributed by atoms with Crippen LogP contribution in [0.5, 0.6) is 0 Å². The molecule has 0 saturated heterocycles. The van der Waals surface area contributed by atoms with E-state index in [1.54, 1.807) is 38.2 Å². The van der Waals surface area contributed by atoms with Crippen LogP contribution in [0.2, 0.25) is 0 Å². The third-order valence-electron chi connectivity index (χ3n) is 9.65. The minimum Gasteiger partial charge on any atom is -0.481 e. The molecule has 1 aromatic carbocycles. The molecule has 0 spiro atoms. The van der Waals surface area contributed by atoms with Gasteiger partial charge in [-0.15, -0.1) is 0 Å². The highest BCUT2D eigenvalue weighted by Gasteiger charge is 2.25. The summed E-state index contributed by atoms with van der Waals surface area (Å²) in [4.78, 5) is 73.0. The van der Waals surface area contributed by atoms with Crippen molar-refractivity contribution < 1.29 is 81.2 Å². The summed E-state index contributed by atoms with van der Waals surface area (Å²) in [5.74, 6) is 2.56. The molecule has 5 amide bonds. The number of hydrazine groups is 1. The number of aliphatic carboxylic acids is 1. The van der Waals surface area contributed by atoms with Crippen molar-refractivity contribution in [1.82, 2.24) is 20.5 Å². The molecule has 25 heteroatoms. The Morgan fingerprint density at radius 1 is 0.690 bits per heavy atom. The zero-order valence-corrected chi connectivity index (χ0v) is 41.1. The lowest BCUT2D eigenvalue weighted by Crippen LogP contribution is -2.51. The Labute approximate surface area is 417 Å². The molecule has 71 heavy (non-hydrogen) atoms. The molecule has 0 bridgehead atoms. The zero-order valence-electron chi connectivity index (χ0n) is 41.1. The van der Waals surface area contributed by atoms with Gasteiger partial charge in [0.15, 0.2) is 0 Å². The molecule has 2 rings (SSSR count). The first kappa shape index (κ1) is 62.1. The minimum atomic E-state index is -0.909. The second kappa shape index (κ2) is 39.5. The molecule has 1 heterocycles. The first-order valence-electron chi connectivity index (χ1n) is 23.5. The molecule has 398 valence electrons. The molecule has 0 aliphatic carbocycles. The summed E-state index contributed by atoms with van der Waals surface area (Å²) in [6.45, 7) is 10.1. The summed E-state index contributed by atoms with van der Waals surface area (Å²) in [6.07, 6.45) is 4.05. The number of carbonyl (C=O) groups is 6. The van der Waals surface area contributed by atoms with Crippen LogP contribution in [0.4, 0.5) is 5.69 Å². The lowest BCUT2D eigenvalue weighted by Gasteiger charge is -2.22. The van der Waals surface area contributed by atoms with Gasteiger partial charge in [-0.25, -0.2) is 5.84 Å². The van der Waals surface area contributed by atoms with Gasteiger partial charge < -0.3 is 79.2 Å². The second-order valence-corrected chi connectivity index (χ2v) is 15.7. The molecule has 8 N–H and O–H groups in total. The van der Waals surface area contributed by atoms with Crippen molar-refractivity contribution in [1.29, 1.82) is 0 Å². The van der Waals surface area contributed by atoms with Crippen molar-refractivity contribution in [3.05, 3.63) is 53.4 Å². The van der Waals surface area contributed by atoms with Gasteiger partial charge in [-0.3, -0.25) is 33.7 Å². The number of imide groups is 1. The lowest BCUT2D eigenvalue weighted by molar-refractivity contribution is -0.139. The van der Waals surface area contributed by atoms with Gasteiger partial charge in [0.2, 0.25) is 17.7 Å². The van der Waals surface area contributed by atoms with Gasteiger partial charge in [0.1, 0.15) is 6.04 Å². The van der Waals surface area contributed by atoms with Gasteiger partial charge in [-0.1, -0.05) is 31.8 Å². The van der Waals surface area contributed by atoms with Crippen LogP contribution in [0.15, 0.2) is 42.2 Å². The number of anilines is 1. The van der Waals surface area contributed by atoms with Crippen LogP contribution < -0.4 is 27.5 Å². The number of amides is 5. The van der Waals surface area contributed by atoms with Gasteiger partial charge in [-0.2, -0.15) is 0 Å². The van der Waals surface area contributed by atoms with Gasteiger partial charge in [0, 0.05) is 30.5 Å². The zero-order chi connectivity index (χ0) is 51.9. The first-order chi connectivity index (χ1) is 34.3. The number of benzene rings is 1. The minimum absolute atomic E-state index is 0.0163. The van der Waals surface area contributed by atoms with Crippen molar-refractivity contribution in [3.63, 3.8) is 0 Å². The van der Waals surface area contributed by atoms with Crippen LogP contribution in [-0.2, 0) is 89.1 Å². The fourth-order valence-corrected chi connectivity index (χ4v) is 5.94. The smallest absolute Gasteiger partial charge is 0.305 e. The Bertz CT molecular complexity index is 1760. The molecule has 1 unspecified atom stereocenters. The predicted octanol–water partition coefficient (Wildman–Crippen LogP) is -1.02. The maximum absolute atomic E-state index is 13.0. The van der Waals surface area contributed by atoms with E-state index < -0.39 is 41.5 Å². The molecule has 24 nitrogen and oxygen atoms in total. The summed E-state index contributed by atoms with van der Waals surface area (Å²) >= 11 is 0. The van der Waals surface area contributed by atoms with Gasteiger partial charge in [0.25, 0.3) is 11.8 Å². The number of rotatable bonds is 45. The highest BCUT2D eigenvalue weighted by Crippen LogP contribution is 2.18.